The Balaban J connectivity index is 1.50. The third kappa shape index (κ3) is 3.57. The van der Waals surface area contributed by atoms with Gasteiger partial charge in [0.05, 0.1) is 6.54 Å². The summed E-state index contributed by atoms with van der Waals surface area (Å²) < 4.78 is 7.86. The van der Waals surface area contributed by atoms with E-state index in [2.05, 4.69) is 51.2 Å². The number of benzene rings is 2. The fourth-order valence-electron chi connectivity index (χ4n) is 3.49. The van der Waals surface area contributed by atoms with E-state index >= 15 is 0 Å². The van der Waals surface area contributed by atoms with Gasteiger partial charge in [-0.1, -0.05) is 35.9 Å². The predicted molar refractivity (Wildman–Crippen MR) is 115 cm³/mol. The minimum atomic E-state index is -0.584. The number of halogens is 1. The summed E-state index contributed by atoms with van der Waals surface area (Å²) in [7, 11) is 0. The number of hydrogen-bond donors (Lipinski definition) is 0. The maximum atomic E-state index is 6.09. The van der Waals surface area contributed by atoms with Crippen LogP contribution in [-0.4, -0.2) is 27.3 Å². The van der Waals surface area contributed by atoms with E-state index in [1.54, 1.807) is 22.3 Å². The van der Waals surface area contributed by atoms with E-state index in [1.165, 1.54) is 17.5 Å². The van der Waals surface area contributed by atoms with E-state index in [0.717, 1.165) is 11.1 Å². The SMILES string of the molecule is Clc1ccc(C2(Cn3cncn3)COC(c3ccc(-c4ccsc4)cc3)=N2)cc1. The molecule has 2 aromatic heterocycles. The normalized spacial score (nSPS) is 18.4. The maximum absolute atomic E-state index is 6.09. The van der Waals surface area contributed by atoms with E-state index in [0.29, 0.717) is 24.1 Å². The van der Waals surface area contributed by atoms with Gasteiger partial charge in [0.15, 0.2) is 0 Å². The van der Waals surface area contributed by atoms with Crippen LogP contribution in [0, 0.1) is 0 Å². The lowest BCUT2D eigenvalue weighted by Gasteiger charge is -2.24. The zero-order valence-corrected chi connectivity index (χ0v) is 17.0. The molecule has 5 nitrogen and oxygen atoms in total. The third-order valence-corrected chi connectivity index (χ3v) is 5.96. The second-order valence-electron chi connectivity index (χ2n) is 6.93. The molecular weight excluding hydrogens is 404 g/mol. The zero-order chi connectivity index (χ0) is 19.7. The van der Waals surface area contributed by atoms with Gasteiger partial charge < -0.3 is 4.74 Å². The van der Waals surface area contributed by atoms with Crippen LogP contribution in [0.3, 0.4) is 0 Å². The standard InChI is InChI=1S/C22H17ClN4OS/c23-20-7-5-19(6-8-20)22(12-27-15-24-14-25-27)13-28-21(26-22)17-3-1-16(2-4-17)18-9-10-29-11-18/h1-11,14-15H,12-13H2. The van der Waals surface area contributed by atoms with Crippen molar-refractivity contribution in [2.24, 2.45) is 4.99 Å². The van der Waals surface area contributed by atoms with Crippen molar-refractivity contribution in [3.05, 3.63) is 94.2 Å². The van der Waals surface area contributed by atoms with E-state index in [4.69, 9.17) is 21.3 Å². The van der Waals surface area contributed by atoms with E-state index in [9.17, 15) is 0 Å². The summed E-state index contributed by atoms with van der Waals surface area (Å²) in [6.07, 6.45) is 3.22. The summed E-state index contributed by atoms with van der Waals surface area (Å²) in [6, 6.07) is 18.2. The van der Waals surface area contributed by atoms with Gasteiger partial charge in [0.1, 0.15) is 24.8 Å². The number of rotatable bonds is 5. The molecule has 1 unspecified atom stereocenters. The number of nitrogens with zero attached hydrogens (tertiary/aromatic N) is 4. The summed E-state index contributed by atoms with van der Waals surface area (Å²) >= 11 is 7.79. The van der Waals surface area contributed by atoms with Crippen molar-refractivity contribution in [2.45, 2.75) is 12.1 Å². The second kappa shape index (κ2) is 7.46. The van der Waals surface area contributed by atoms with Crippen molar-refractivity contribution >= 4 is 28.8 Å². The molecule has 0 N–H and O–H groups in total. The number of aliphatic imine (C=N–C) groups is 1. The molecule has 0 fully saturated rings. The van der Waals surface area contributed by atoms with Gasteiger partial charge in [0, 0.05) is 10.6 Å². The molecule has 1 aliphatic heterocycles. The van der Waals surface area contributed by atoms with Gasteiger partial charge in [-0.2, -0.15) is 16.4 Å². The molecule has 1 atom stereocenters. The molecule has 0 radical (unpaired) electrons. The minimum Gasteiger partial charge on any atom is -0.474 e. The molecule has 0 saturated heterocycles. The Kier molecular flexibility index (Phi) is 4.66. The third-order valence-electron chi connectivity index (χ3n) is 5.02. The van der Waals surface area contributed by atoms with Crippen LogP contribution in [0.4, 0.5) is 0 Å². The predicted octanol–water partition coefficient (Wildman–Crippen LogP) is 5.03. The van der Waals surface area contributed by atoms with Gasteiger partial charge in [0.2, 0.25) is 5.90 Å². The summed E-state index contributed by atoms with van der Waals surface area (Å²) in [5, 5.41) is 9.18. The largest absolute Gasteiger partial charge is 0.474 e. The van der Waals surface area contributed by atoms with Crippen molar-refractivity contribution < 1.29 is 4.74 Å². The second-order valence-corrected chi connectivity index (χ2v) is 8.14. The van der Waals surface area contributed by atoms with Crippen LogP contribution in [0.2, 0.25) is 5.02 Å². The van der Waals surface area contributed by atoms with Gasteiger partial charge in [-0.05, 0) is 57.8 Å². The Morgan fingerprint density at radius 1 is 1.00 bits per heavy atom. The summed E-state index contributed by atoms with van der Waals surface area (Å²) in [6.45, 7) is 0.960. The Labute approximate surface area is 177 Å². The zero-order valence-electron chi connectivity index (χ0n) is 15.4. The van der Waals surface area contributed by atoms with Gasteiger partial charge >= 0.3 is 0 Å². The molecule has 0 spiro atoms. The first-order chi connectivity index (χ1) is 14.2. The first kappa shape index (κ1) is 18.1. The average molecular weight is 421 g/mol. The van der Waals surface area contributed by atoms with Crippen molar-refractivity contribution in [3.63, 3.8) is 0 Å². The molecular formula is C22H17ClN4OS. The molecule has 2 aromatic carbocycles. The molecule has 4 aromatic rings. The van der Waals surface area contributed by atoms with Gasteiger partial charge in [-0.25, -0.2) is 9.98 Å². The van der Waals surface area contributed by atoms with Gasteiger partial charge in [-0.3, -0.25) is 4.68 Å². The summed E-state index contributed by atoms with van der Waals surface area (Å²) in [4.78, 5) is 9.08. The number of aromatic nitrogens is 3. The monoisotopic (exact) mass is 420 g/mol. The average Bonchev–Trinajstić information content (AvgIpc) is 3.52. The highest BCUT2D eigenvalue weighted by Crippen LogP contribution is 2.35. The van der Waals surface area contributed by atoms with Crippen LogP contribution in [-0.2, 0) is 16.8 Å². The van der Waals surface area contributed by atoms with Crippen molar-refractivity contribution in [1.29, 1.82) is 0 Å². The Morgan fingerprint density at radius 3 is 2.48 bits per heavy atom. The van der Waals surface area contributed by atoms with Crippen molar-refractivity contribution in [2.75, 3.05) is 6.61 Å². The Hall–Kier alpha value is -2.96. The highest BCUT2D eigenvalue weighted by atomic mass is 35.5. The first-order valence-electron chi connectivity index (χ1n) is 9.16. The van der Waals surface area contributed by atoms with Crippen molar-refractivity contribution in [1.82, 2.24) is 14.8 Å². The highest BCUT2D eigenvalue weighted by molar-refractivity contribution is 7.08. The van der Waals surface area contributed by atoms with Crippen LogP contribution in [0.15, 0.2) is 83.0 Å². The van der Waals surface area contributed by atoms with Crippen LogP contribution in [0.25, 0.3) is 11.1 Å². The van der Waals surface area contributed by atoms with Crippen LogP contribution >= 0.6 is 22.9 Å². The van der Waals surface area contributed by atoms with Crippen LogP contribution < -0.4 is 0 Å². The Bertz CT molecular complexity index is 1120. The van der Waals surface area contributed by atoms with E-state index in [-0.39, 0.29) is 0 Å². The molecule has 0 aliphatic carbocycles. The van der Waals surface area contributed by atoms with Crippen LogP contribution in [0.1, 0.15) is 11.1 Å². The molecule has 1 aliphatic rings. The van der Waals surface area contributed by atoms with Gasteiger partial charge in [-0.15, -0.1) is 0 Å². The highest BCUT2D eigenvalue weighted by Gasteiger charge is 2.39. The van der Waals surface area contributed by atoms with Crippen molar-refractivity contribution in [3.8, 4) is 11.1 Å². The Morgan fingerprint density at radius 2 is 1.79 bits per heavy atom. The lowest BCUT2D eigenvalue weighted by Crippen LogP contribution is -2.31. The molecule has 3 heterocycles. The molecule has 144 valence electrons. The molecule has 29 heavy (non-hydrogen) atoms. The topological polar surface area (TPSA) is 52.3 Å². The fraction of sp³-hybridized carbons (Fsp3) is 0.136. The lowest BCUT2D eigenvalue weighted by atomic mass is 9.91. The lowest BCUT2D eigenvalue weighted by molar-refractivity contribution is 0.230. The fourth-order valence-corrected chi connectivity index (χ4v) is 4.28. The maximum Gasteiger partial charge on any atom is 0.217 e. The molecule has 7 heteroatoms. The van der Waals surface area contributed by atoms with E-state index in [1.807, 2.05) is 24.3 Å². The quantitative estimate of drug-likeness (QED) is 0.455. The molecule has 5 rings (SSSR count). The molecule has 0 saturated carbocycles. The van der Waals surface area contributed by atoms with Crippen LogP contribution in [0.5, 0.6) is 0 Å². The molecule has 0 bridgehead atoms. The van der Waals surface area contributed by atoms with Gasteiger partial charge in [0.25, 0.3) is 0 Å². The number of ether oxygens (including phenoxy) is 1. The van der Waals surface area contributed by atoms with E-state index < -0.39 is 5.54 Å². The first-order valence-corrected chi connectivity index (χ1v) is 10.5. The smallest absolute Gasteiger partial charge is 0.217 e. The molecule has 0 amide bonds. The summed E-state index contributed by atoms with van der Waals surface area (Å²) in [5.41, 5.74) is 3.80. The number of thiophene rings is 1. The summed E-state index contributed by atoms with van der Waals surface area (Å²) in [5.74, 6) is 0.636. The minimum absolute atomic E-state index is 0.427. The number of hydrogen-bond acceptors (Lipinski definition) is 5.